The fraction of sp³-hybridized carbons (Fsp3) is 0.316. The summed E-state index contributed by atoms with van der Waals surface area (Å²) in [5.41, 5.74) is 3.24. The van der Waals surface area contributed by atoms with Gasteiger partial charge in [0.1, 0.15) is 0 Å². The first-order chi connectivity index (χ1) is 11.8. The number of ether oxygens (including phenoxy) is 1. The van der Waals surface area contributed by atoms with Crippen LogP contribution in [0.15, 0.2) is 47.3 Å². The smallest absolute Gasteiger partial charge is 0.254 e. The minimum absolute atomic E-state index is 0.118. The van der Waals surface area contributed by atoms with Crippen LogP contribution in [-0.4, -0.2) is 42.1 Å². The highest BCUT2D eigenvalue weighted by molar-refractivity contribution is 7.08. The maximum absolute atomic E-state index is 12.6. The second-order valence-electron chi connectivity index (χ2n) is 6.31. The summed E-state index contributed by atoms with van der Waals surface area (Å²) in [6.45, 7) is 2.74. The zero-order valence-corrected chi connectivity index (χ0v) is 14.2. The Morgan fingerprint density at radius 2 is 2.29 bits per heavy atom. The molecule has 0 aliphatic carbocycles. The molecule has 1 saturated heterocycles. The molecule has 1 aromatic carbocycles. The molecule has 0 radical (unpaired) electrons. The number of thiophene rings is 1. The van der Waals surface area contributed by atoms with Crippen molar-refractivity contribution in [3.63, 3.8) is 0 Å². The summed E-state index contributed by atoms with van der Waals surface area (Å²) < 4.78 is 5.75. The standard InChI is InChI=1S/C19H20N2O2S/c22-19(17-4-8-24-13-17)21-6-7-23-12-15(11-21)9-14-1-2-18-16(10-14)3-5-20-18/h1-5,8,10,13,15,20H,6-7,9,11-12H2/t15-/m1/s1. The fourth-order valence-electron chi connectivity index (χ4n) is 3.32. The third-order valence-corrected chi connectivity index (χ3v) is 5.22. The maximum atomic E-state index is 12.6. The predicted molar refractivity (Wildman–Crippen MR) is 96.5 cm³/mol. The summed E-state index contributed by atoms with van der Waals surface area (Å²) in [6, 6.07) is 10.5. The first-order valence-corrected chi connectivity index (χ1v) is 9.19. The summed E-state index contributed by atoms with van der Waals surface area (Å²) in [6.07, 6.45) is 2.89. The predicted octanol–water partition coefficient (Wildman–Crippen LogP) is 3.56. The van der Waals surface area contributed by atoms with Crippen molar-refractivity contribution in [1.82, 2.24) is 9.88 Å². The zero-order chi connectivity index (χ0) is 16.4. The number of nitrogens with one attached hydrogen (secondary N) is 1. The molecule has 124 valence electrons. The van der Waals surface area contributed by atoms with Gasteiger partial charge in [0.05, 0.1) is 18.8 Å². The molecule has 1 aliphatic heterocycles. The second-order valence-corrected chi connectivity index (χ2v) is 7.09. The van der Waals surface area contributed by atoms with Crippen molar-refractivity contribution in [3.8, 4) is 0 Å². The highest BCUT2D eigenvalue weighted by atomic mass is 32.1. The molecule has 1 N–H and O–H groups in total. The van der Waals surface area contributed by atoms with Crippen LogP contribution >= 0.6 is 11.3 Å². The van der Waals surface area contributed by atoms with Crippen molar-refractivity contribution >= 4 is 28.1 Å². The van der Waals surface area contributed by atoms with Gasteiger partial charge >= 0.3 is 0 Å². The minimum atomic E-state index is 0.118. The number of nitrogens with zero attached hydrogens (tertiary/aromatic N) is 1. The number of H-pyrrole nitrogens is 1. The number of benzene rings is 1. The third kappa shape index (κ3) is 3.23. The van der Waals surface area contributed by atoms with Gasteiger partial charge in [-0.25, -0.2) is 0 Å². The van der Waals surface area contributed by atoms with Gasteiger partial charge < -0.3 is 14.6 Å². The van der Waals surface area contributed by atoms with E-state index in [2.05, 4.69) is 29.2 Å². The van der Waals surface area contributed by atoms with Crippen molar-refractivity contribution in [3.05, 3.63) is 58.4 Å². The molecule has 2 aromatic heterocycles. The zero-order valence-electron chi connectivity index (χ0n) is 13.4. The highest BCUT2D eigenvalue weighted by Gasteiger charge is 2.23. The van der Waals surface area contributed by atoms with Crippen molar-refractivity contribution in [2.75, 3.05) is 26.3 Å². The number of aromatic nitrogens is 1. The summed E-state index contributed by atoms with van der Waals surface area (Å²) >= 11 is 1.56. The van der Waals surface area contributed by atoms with Crippen molar-refractivity contribution in [1.29, 1.82) is 0 Å². The SMILES string of the molecule is O=C(c1ccsc1)N1CCOC[C@H](Cc2ccc3[nH]ccc3c2)C1. The summed E-state index contributed by atoms with van der Waals surface area (Å²) in [7, 11) is 0. The molecular weight excluding hydrogens is 320 g/mol. The van der Waals surface area contributed by atoms with E-state index < -0.39 is 0 Å². The van der Waals surface area contributed by atoms with Crippen LogP contribution in [0.2, 0.25) is 0 Å². The molecule has 3 heterocycles. The molecular formula is C19H20N2O2S. The van der Waals surface area contributed by atoms with Gasteiger partial charge in [0, 0.05) is 36.1 Å². The quantitative estimate of drug-likeness (QED) is 0.792. The van der Waals surface area contributed by atoms with Gasteiger partial charge in [-0.1, -0.05) is 6.07 Å². The van der Waals surface area contributed by atoms with Crippen LogP contribution in [0, 0.1) is 5.92 Å². The molecule has 1 fully saturated rings. The fourth-order valence-corrected chi connectivity index (χ4v) is 3.95. The van der Waals surface area contributed by atoms with Crippen LogP contribution in [0.1, 0.15) is 15.9 Å². The normalized spacial score (nSPS) is 18.7. The minimum Gasteiger partial charge on any atom is -0.379 e. The van der Waals surface area contributed by atoms with E-state index in [9.17, 15) is 4.79 Å². The molecule has 0 saturated carbocycles. The first kappa shape index (κ1) is 15.4. The molecule has 1 atom stereocenters. The Morgan fingerprint density at radius 3 is 3.17 bits per heavy atom. The highest BCUT2D eigenvalue weighted by Crippen LogP contribution is 2.20. The van der Waals surface area contributed by atoms with Gasteiger partial charge in [0.25, 0.3) is 5.91 Å². The van der Waals surface area contributed by atoms with Gasteiger partial charge in [-0.05, 0) is 47.0 Å². The summed E-state index contributed by atoms with van der Waals surface area (Å²) in [4.78, 5) is 17.8. The van der Waals surface area contributed by atoms with Crippen LogP contribution in [0.25, 0.3) is 10.9 Å². The van der Waals surface area contributed by atoms with Gasteiger partial charge in [0.15, 0.2) is 0 Å². The topological polar surface area (TPSA) is 45.3 Å². The largest absolute Gasteiger partial charge is 0.379 e. The Balaban J connectivity index is 1.48. The van der Waals surface area contributed by atoms with E-state index in [1.165, 1.54) is 10.9 Å². The van der Waals surface area contributed by atoms with Crippen LogP contribution in [0.4, 0.5) is 0 Å². The monoisotopic (exact) mass is 340 g/mol. The van der Waals surface area contributed by atoms with Crippen molar-refractivity contribution in [2.45, 2.75) is 6.42 Å². The Morgan fingerprint density at radius 1 is 1.33 bits per heavy atom. The lowest BCUT2D eigenvalue weighted by molar-refractivity contribution is 0.0738. The van der Waals surface area contributed by atoms with E-state index in [1.54, 1.807) is 11.3 Å². The summed E-state index contributed by atoms with van der Waals surface area (Å²) in [5, 5.41) is 5.10. The molecule has 5 heteroatoms. The number of aromatic amines is 1. The third-order valence-electron chi connectivity index (χ3n) is 4.54. The Hall–Kier alpha value is -2.11. The number of amides is 1. The lowest BCUT2D eigenvalue weighted by Crippen LogP contribution is -2.36. The average molecular weight is 340 g/mol. The number of hydrogen-bond acceptors (Lipinski definition) is 3. The number of carbonyl (C=O) groups excluding carboxylic acids is 1. The van der Waals surface area contributed by atoms with Crippen molar-refractivity contribution in [2.24, 2.45) is 5.92 Å². The molecule has 0 unspecified atom stereocenters. The van der Waals surface area contributed by atoms with Crippen LogP contribution < -0.4 is 0 Å². The number of carbonyl (C=O) groups is 1. The van der Waals surface area contributed by atoms with E-state index in [0.29, 0.717) is 25.7 Å². The molecule has 1 aliphatic rings. The number of rotatable bonds is 3. The van der Waals surface area contributed by atoms with Crippen LogP contribution in [0.3, 0.4) is 0 Å². The lowest BCUT2D eigenvalue weighted by Gasteiger charge is -2.23. The average Bonchev–Trinajstić information content (AvgIpc) is 3.23. The Kier molecular flexibility index (Phi) is 4.36. The Labute approximate surface area is 145 Å². The molecule has 3 aromatic rings. The van der Waals surface area contributed by atoms with Gasteiger partial charge in [-0.15, -0.1) is 0 Å². The van der Waals surface area contributed by atoms with E-state index >= 15 is 0 Å². The Bertz CT molecular complexity index is 825. The molecule has 4 nitrogen and oxygen atoms in total. The molecule has 4 rings (SSSR count). The molecule has 0 bridgehead atoms. The molecule has 24 heavy (non-hydrogen) atoms. The maximum Gasteiger partial charge on any atom is 0.254 e. The second kappa shape index (κ2) is 6.79. The van der Waals surface area contributed by atoms with Gasteiger partial charge in [0.2, 0.25) is 0 Å². The van der Waals surface area contributed by atoms with E-state index in [-0.39, 0.29) is 5.91 Å². The summed E-state index contributed by atoms with van der Waals surface area (Å²) in [5.74, 6) is 0.444. The van der Waals surface area contributed by atoms with E-state index in [4.69, 9.17) is 4.74 Å². The lowest BCUT2D eigenvalue weighted by atomic mass is 9.98. The number of fused-ring (bicyclic) bond motifs is 1. The van der Waals surface area contributed by atoms with Gasteiger partial charge in [-0.3, -0.25) is 4.79 Å². The van der Waals surface area contributed by atoms with E-state index in [0.717, 1.165) is 24.0 Å². The molecule has 0 spiro atoms. The number of hydrogen-bond donors (Lipinski definition) is 1. The van der Waals surface area contributed by atoms with E-state index in [1.807, 2.05) is 27.9 Å². The van der Waals surface area contributed by atoms with Crippen LogP contribution in [-0.2, 0) is 11.2 Å². The van der Waals surface area contributed by atoms with Crippen LogP contribution in [0.5, 0.6) is 0 Å². The van der Waals surface area contributed by atoms with Gasteiger partial charge in [-0.2, -0.15) is 11.3 Å². The first-order valence-electron chi connectivity index (χ1n) is 8.25. The van der Waals surface area contributed by atoms with Crippen molar-refractivity contribution < 1.29 is 9.53 Å². The molecule has 1 amide bonds.